The zero-order valence-electron chi connectivity index (χ0n) is 15.6. The van der Waals surface area contributed by atoms with Gasteiger partial charge >= 0.3 is 13.9 Å². The molecular weight excluding hydrogens is 356 g/mol. The van der Waals surface area contributed by atoms with Crippen molar-refractivity contribution >= 4 is 25.0 Å². The highest BCUT2D eigenvalue weighted by Crippen LogP contribution is 2.37. The van der Waals surface area contributed by atoms with E-state index in [0.717, 1.165) is 10.4 Å². The molecule has 0 fully saturated rings. The molecule has 27 heavy (non-hydrogen) atoms. The lowest BCUT2D eigenvalue weighted by molar-refractivity contribution is 0.109. The Kier molecular flexibility index (Phi) is 5.14. The van der Waals surface area contributed by atoms with Crippen molar-refractivity contribution in [1.29, 1.82) is 0 Å². The molecule has 0 N–H and O–H groups in total. The van der Waals surface area contributed by atoms with E-state index >= 15 is 0 Å². The summed E-state index contributed by atoms with van der Waals surface area (Å²) < 4.78 is 11.6. The Hall–Kier alpha value is -2.92. The average molecular weight is 379 g/mol. The van der Waals surface area contributed by atoms with E-state index in [1.54, 1.807) is 0 Å². The molecule has 0 aliphatic rings. The normalized spacial score (nSPS) is 11.8. The molecule has 0 radical (unpaired) electrons. The minimum atomic E-state index is -2.85. The smallest absolute Gasteiger partial charge is 0.339 e. The van der Waals surface area contributed by atoms with Crippen LogP contribution in [0.25, 0.3) is 0 Å². The highest BCUT2D eigenvalue weighted by atomic mass is 28.4. The third-order valence-corrected chi connectivity index (χ3v) is 9.51. The van der Waals surface area contributed by atoms with Gasteiger partial charge in [0.15, 0.2) is 12.0 Å². The molecule has 0 unspecified atom stereocenters. The Balaban J connectivity index is 2.29. The van der Waals surface area contributed by atoms with E-state index in [2.05, 4.69) is 45.0 Å². The van der Waals surface area contributed by atoms with Gasteiger partial charge in [0.1, 0.15) is 5.75 Å². The standard InChI is InChI=1S/C22H22O4Si/c1-22(2,3)27(19-10-6-4-7-11-19,20-12-8-5-9-13-20)26-17-14-18(16-23)25-21(24)15-17/h4-16H,1-3H3. The van der Waals surface area contributed by atoms with E-state index in [1.807, 2.05) is 36.4 Å². The highest BCUT2D eigenvalue weighted by Gasteiger charge is 2.52. The van der Waals surface area contributed by atoms with Gasteiger partial charge in [0.25, 0.3) is 0 Å². The van der Waals surface area contributed by atoms with Gasteiger partial charge in [-0.15, -0.1) is 0 Å². The van der Waals surface area contributed by atoms with Gasteiger partial charge in [-0.2, -0.15) is 0 Å². The lowest BCUT2D eigenvalue weighted by atomic mass is 10.2. The molecule has 1 heterocycles. The summed E-state index contributed by atoms with van der Waals surface area (Å²) in [6, 6.07) is 22.9. The summed E-state index contributed by atoms with van der Waals surface area (Å²) in [5.41, 5.74) is -0.604. The second-order valence-electron chi connectivity index (χ2n) is 7.40. The van der Waals surface area contributed by atoms with E-state index < -0.39 is 13.9 Å². The fourth-order valence-corrected chi connectivity index (χ4v) is 7.82. The number of hydrogen-bond donors (Lipinski definition) is 0. The maximum Gasteiger partial charge on any atom is 0.339 e. The molecule has 0 aliphatic carbocycles. The molecule has 138 valence electrons. The molecule has 5 heteroatoms. The van der Waals surface area contributed by atoms with Crippen LogP contribution in [0, 0.1) is 0 Å². The Morgan fingerprint density at radius 3 is 1.85 bits per heavy atom. The zero-order chi connectivity index (χ0) is 19.5. The first-order valence-corrected chi connectivity index (χ1v) is 10.7. The molecule has 3 aromatic rings. The monoisotopic (exact) mass is 378 g/mol. The summed E-state index contributed by atoms with van der Waals surface area (Å²) in [5, 5.41) is 1.93. The molecule has 1 aromatic heterocycles. The molecule has 0 aliphatic heterocycles. The molecule has 0 saturated heterocycles. The second-order valence-corrected chi connectivity index (χ2v) is 11.6. The van der Waals surface area contributed by atoms with Gasteiger partial charge in [0.2, 0.25) is 0 Å². The molecule has 4 nitrogen and oxygen atoms in total. The van der Waals surface area contributed by atoms with Gasteiger partial charge in [0.05, 0.1) is 6.07 Å². The maximum absolute atomic E-state index is 11.9. The summed E-state index contributed by atoms with van der Waals surface area (Å²) in [5.74, 6) is 0.304. The number of aldehydes is 1. The average Bonchev–Trinajstić information content (AvgIpc) is 2.66. The van der Waals surface area contributed by atoms with Crippen molar-refractivity contribution in [3.8, 4) is 5.75 Å². The molecule has 0 atom stereocenters. The first-order valence-electron chi connectivity index (χ1n) is 8.77. The number of carbonyl (C=O) groups excluding carboxylic acids is 1. The summed E-state index contributed by atoms with van der Waals surface area (Å²) in [4.78, 5) is 23.0. The van der Waals surface area contributed by atoms with E-state index in [-0.39, 0.29) is 10.8 Å². The molecule has 3 rings (SSSR count). The minimum Gasteiger partial charge on any atom is -0.534 e. The third-order valence-electron chi connectivity index (χ3n) is 4.57. The fraction of sp³-hybridized carbons (Fsp3) is 0.182. The van der Waals surface area contributed by atoms with Crippen molar-refractivity contribution in [1.82, 2.24) is 0 Å². The van der Waals surface area contributed by atoms with Crippen LogP contribution < -0.4 is 20.4 Å². The van der Waals surface area contributed by atoms with Crippen LogP contribution in [0.1, 0.15) is 31.3 Å². The van der Waals surface area contributed by atoms with Gasteiger partial charge in [0, 0.05) is 6.07 Å². The highest BCUT2D eigenvalue weighted by molar-refractivity contribution is 7.00. The first kappa shape index (κ1) is 18.9. The molecule has 0 amide bonds. The van der Waals surface area contributed by atoms with Crippen molar-refractivity contribution < 1.29 is 13.6 Å². The van der Waals surface area contributed by atoms with Crippen LogP contribution in [0.3, 0.4) is 0 Å². The molecule has 0 saturated carbocycles. The number of carbonyl (C=O) groups is 1. The molecule has 2 aromatic carbocycles. The maximum atomic E-state index is 11.9. The summed E-state index contributed by atoms with van der Waals surface area (Å²) >= 11 is 0. The van der Waals surface area contributed by atoms with Gasteiger partial charge in [-0.1, -0.05) is 81.4 Å². The van der Waals surface area contributed by atoms with Crippen LogP contribution in [0.15, 0.2) is 82.0 Å². The van der Waals surface area contributed by atoms with Crippen LogP contribution in [-0.4, -0.2) is 14.6 Å². The van der Waals surface area contributed by atoms with Crippen LogP contribution in [0.4, 0.5) is 0 Å². The first-order chi connectivity index (χ1) is 12.9. The third kappa shape index (κ3) is 3.64. The largest absolute Gasteiger partial charge is 0.534 e. The van der Waals surface area contributed by atoms with E-state index in [9.17, 15) is 9.59 Å². The Labute approximate surface area is 159 Å². The Morgan fingerprint density at radius 2 is 1.41 bits per heavy atom. The number of hydrogen-bond acceptors (Lipinski definition) is 4. The lowest BCUT2D eigenvalue weighted by Crippen LogP contribution is -2.68. The van der Waals surface area contributed by atoms with Crippen LogP contribution >= 0.6 is 0 Å². The topological polar surface area (TPSA) is 56.5 Å². The van der Waals surface area contributed by atoms with Crippen molar-refractivity contribution in [3.05, 3.63) is 89.0 Å². The fourth-order valence-electron chi connectivity index (χ4n) is 3.42. The van der Waals surface area contributed by atoms with Crippen molar-refractivity contribution in [2.24, 2.45) is 0 Å². The van der Waals surface area contributed by atoms with Crippen LogP contribution in [0.5, 0.6) is 5.75 Å². The molecule has 0 spiro atoms. The van der Waals surface area contributed by atoms with Crippen molar-refractivity contribution in [3.63, 3.8) is 0 Å². The van der Waals surface area contributed by atoms with Gasteiger partial charge in [-0.05, 0) is 15.4 Å². The lowest BCUT2D eigenvalue weighted by Gasteiger charge is -2.42. The zero-order valence-corrected chi connectivity index (χ0v) is 16.6. The Morgan fingerprint density at radius 1 is 0.889 bits per heavy atom. The predicted molar refractivity (Wildman–Crippen MR) is 109 cm³/mol. The summed E-state index contributed by atoms with van der Waals surface area (Å²) in [7, 11) is -2.85. The van der Waals surface area contributed by atoms with Crippen LogP contribution in [-0.2, 0) is 0 Å². The van der Waals surface area contributed by atoms with Crippen molar-refractivity contribution in [2.75, 3.05) is 0 Å². The molecular formula is C22H22O4Si. The minimum absolute atomic E-state index is 0.0459. The van der Waals surface area contributed by atoms with Gasteiger partial charge in [-0.25, -0.2) is 4.79 Å². The predicted octanol–water partition coefficient (Wildman–Crippen LogP) is 3.39. The van der Waals surface area contributed by atoms with E-state index in [1.165, 1.54) is 12.1 Å². The second kappa shape index (κ2) is 7.37. The van der Waals surface area contributed by atoms with Crippen LogP contribution in [0.2, 0.25) is 5.04 Å². The number of rotatable bonds is 5. The summed E-state index contributed by atoms with van der Waals surface area (Å²) in [6.07, 6.45) is 0.514. The SMILES string of the molecule is CC(C)(C)[Si](Oc1cc(C=O)oc(=O)c1)(c1ccccc1)c1ccccc1. The van der Waals surface area contributed by atoms with Gasteiger partial charge < -0.3 is 8.84 Å². The van der Waals surface area contributed by atoms with Gasteiger partial charge in [-0.3, -0.25) is 4.79 Å². The Bertz CT molecular complexity index is 933. The molecule has 0 bridgehead atoms. The van der Waals surface area contributed by atoms with Crippen molar-refractivity contribution in [2.45, 2.75) is 25.8 Å². The quantitative estimate of drug-likeness (QED) is 0.504. The van der Waals surface area contributed by atoms with E-state index in [0.29, 0.717) is 12.0 Å². The van der Waals surface area contributed by atoms with E-state index in [4.69, 9.17) is 8.84 Å². The summed E-state index contributed by atoms with van der Waals surface area (Å²) in [6.45, 7) is 6.43. The number of benzene rings is 2.